The molecule has 2 rings (SSSR count). The number of halogens is 1. The SMILES string of the molecule is CC#CCCn1ccc2c(Cl)cccc21. The van der Waals surface area contributed by atoms with Gasteiger partial charge in [-0.3, -0.25) is 0 Å². The minimum Gasteiger partial charge on any atom is -0.346 e. The number of nitrogens with zero attached hydrogens (tertiary/aromatic N) is 1. The molecule has 0 saturated carbocycles. The Labute approximate surface area is 94.7 Å². The van der Waals surface area contributed by atoms with Gasteiger partial charge in [-0.05, 0) is 25.1 Å². The van der Waals surface area contributed by atoms with Gasteiger partial charge in [0.2, 0.25) is 0 Å². The van der Waals surface area contributed by atoms with Crippen LogP contribution >= 0.6 is 11.6 Å². The van der Waals surface area contributed by atoms with Gasteiger partial charge in [0.15, 0.2) is 0 Å². The van der Waals surface area contributed by atoms with E-state index >= 15 is 0 Å². The van der Waals surface area contributed by atoms with Crippen molar-refractivity contribution in [3.63, 3.8) is 0 Å². The number of benzene rings is 1. The maximum absolute atomic E-state index is 6.09. The molecule has 0 radical (unpaired) electrons. The minimum atomic E-state index is 0.813. The number of aromatic nitrogens is 1. The highest BCUT2D eigenvalue weighted by atomic mass is 35.5. The normalized spacial score (nSPS) is 10.0. The Kier molecular flexibility index (Phi) is 2.99. The predicted molar refractivity (Wildman–Crippen MR) is 65.0 cm³/mol. The van der Waals surface area contributed by atoms with Crippen LogP contribution in [-0.4, -0.2) is 4.57 Å². The summed E-state index contributed by atoms with van der Waals surface area (Å²) in [5, 5.41) is 1.93. The standard InChI is InChI=1S/C13H12ClN/c1-2-3-4-9-15-10-8-11-12(14)6-5-7-13(11)15/h5-8,10H,4,9H2,1H3. The molecule has 0 spiro atoms. The average Bonchev–Trinajstić information content (AvgIpc) is 2.64. The highest BCUT2D eigenvalue weighted by Crippen LogP contribution is 2.24. The fourth-order valence-corrected chi connectivity index (χ4v) is 1.91. The van der Waals surface area contributed by atoms with Gasteiger partial charge >= 0.3 is 0 Å². The van der Waals surface area contributed by atoms with Crippen molar-refractivity contribution in [3.8, 4) is 11.8 Å². The zero-order valence-corrected chi connectivity index (χ0v) is 9.38. The maximum atomic E-state index is 6.09. The lowest BCUT2D eigenvalue weighted by Crippen LogP contribution is -1.94. The zero-order valence-electron chi connectivity index (χ0n) is 8.63. The van der Waals surface area contributed by atoms with E-state index in [1.54, 1.807) is 0 Å². The first-order chi connectivity index (χ1) is 7.33. The summed E-state index contributed by atoms with van der Waals surface area (Å²) in [4.78, 5) is 0. The van der Waals surface area contributed by atoms with Crippen LogP contribution < -0.4 is 0 Å². The molecule has 15 heavy (non-hydrogen) atoms. The molecule has 0 N–H and O–H groups in total. The second-order valence-corrected chi connectivity index (χ2v) is 3.77. The highest BCUT2D eigenvalue weighted by molar-refractivity contribution is 6.35. The molecule has 1 nitrogen and oxygen atoms in total. The first-order valence-corrected chi connectivity index (χ1v) is 5.33. The number of hydrogen-bond donors (Lipinski definition) is 0. The summed E-state index contributed by atoms with van der Waals surface area (Å²) in [6, 6.07) is 8.03. The Morgan fingerprint density at radius 1 is 1.33 bits per heavy atom. The molecule has 0 amide bonds. The minimum absolute atomic E-state index is 0.813. The van der Waals surface area contributed by atoms with Crippen LogP contribution in [0, 0.1) is 11.8 Å². The van der Waals surface area contributed by atoms with Crippen molar-refractivity contribution in [1.29, 1.82) is 0 Å². The fourth-order valence-electron chi connectivity index (χ4n) is 1.68. The van der Waals surface area contributed by atoms with Crippen molar-refractivity contribution in [2.24, 2.45) is 0 Å². The van der Waals surface area contributed by atoms with Crippen LogP contribution in [0.3, 0.4) is 0 Å². The molecule has 2 aromatic rings. The quantitative estimate of drug-likeness (QED) is 0.676. The first-order valence-electron chi connectivity index (χ1n) is 4.96. The number of rotatable bonds is 2. The van der Waals surface area contributed by atoms with Crippen LogP contribution in [0.2, 0.25) is 5.02 Å². The Morgan fingerprint density at radius 2 is 2.20 bits per heavy atom. The van der Waals surface area contributed by atoms with Crippen molar-refractivity contribution in [2.45, 2.75) is 19.9 Å². The molecular formula is C13H12ClN. The molecule has 2 heteroatoms. The molecule has 0 bridgehead atoms. The number of aryl methyl sites for hydroxylation is 1. The van der Waals surface area contributed by atoms with E-state index in [0.717, 1.165) is 23.4 Å². The molecular weight excluding hydrogens is 206 g/mol. The molecule has 0 fully saturated rings. The number of fused-ring (bicyclic) bond motifs is 1. The monoisotopic (exact) mass is 217 g/mol. The van der Waals surface area contributed by atoms with E-state index in [-0.39, 0.29) is 0 Å². The van der Waals surface area contributed by atoms with Gasteiger partial charge in [-0.25, -0.2) is 0 Å². The van der Waals surface area contributed by atoms with Gasteiger partial charge in [0.05, 0.1) is 0 Å². The third kappa shape index (κ3) is 2.00. The first kappa shape index (κ1) is 10.1. The Balaban J connectivity index is 2.35. The van der Waals surface area contributed by atoms with E-state index in [0.29, 0.717) is 0 Å². The van der Waals surface area contributed by atoms with Gasteiger partial charge in [-0.15, -0.1) is 11.8 Å². The van der Waals surface area contributed by atoms with Gasteiger partial charge in [0.25, 0.3) is 0 Å². The van der Waals surface area contributed by atoms with Gasteiger partial charge in [0.1, 0.15) is 0 Å². The van der Waals surface area contributed by atoms with Gasteiger partial charge in [0, 0.05) is 35.1 Å². The average molecular weight is 218 g/mol. The Morgan fingerprint density at radius 3 is 3.00 bits per heavy atom. The third-order valence-corrected chi connectivity index (χ3v) is 2.74. The van der Waals surface area contributed by atoms with E-state index in [9.17, 15) is 0 Å². The highest BCUT2D eigenvalue weighted by Gasteiger charge is 2.02. The van der Waals surface area contributed by atoms with Crippen molar-refractivity contribution >= 4 is 22.5 Å². The second-order valence-electron chi connectivity index (χ2n) is 3.36. The molecule has 0 aliphatic rings. The molecule has 0 aliphatic heterocycles. The smallest absolute Gasteiger partial charge is 0.0499 e. The van der Waals surface area contributed by atoms with Crippen LogP contribution in [0.15, 0.2) is 30.5 Å². The van der Waals surface area contributed by atoms with E-state index in [1.165, 1.54) is 5.52 Å². The molecule has 76 valence electrons. The summed E-state index contributed by atoms with van der Waals surface area (Å²) in [6.07, 6.45) is 2.95. The van der Waals surface area contributed by atoms with Crippen LogP contribution in [0.5, 0.6) is 0 Å². The topological polar surface area (TPSA) is 4.93 Å². The van der Waals surface area contributed by atoms with E-state index in [1.807, 2.05) is 19.1 Å². The summed E-state index contributed by atoms with van der Waals surface area (Å²) in [7, 11) is 0. The van der Waals surface area contributed by atoms with Crippen LogP contribution in [0.1, 0.15) is 13.3 Å². The molecule has 0 saturated heterocycles. The van der Waals surface area contributed by atoms with Gasteiger partial charge in [-0.2, -0.15) is 0 Å². The van der Waals surface area contributed by atoms with E-state index in [2.05, 4.69) is 34.7 Å². The summed E-state index contributed by atoms with van der Waals surface area (Å²) in [5.41, 5.74) is 1.18. The summed E-state index contributed by atoms with van der Waals surface area (Å²) in [6.45, 7) is 2.79. The second kappa shape index (κ2) is 4.42. The van der Waals surface area contributed by atoms with Crippen molar-refractivity contribution in [2.75, 3.05) is 0 Å². The zero-order chi connectivity index (χ0) is 10.7. The van der Waals surface area contributed by atoms with Gasteiger partial charge in [-0.1, -0.05) is 17.7 Å². The molecule has 0 atom stereocenters. The van der Waals surface area contributed by atoms with Crippen molar-refractivity contribution < 1.29 is 0 Å². The summed E-state index contributed by atoms with van der Waals surface area (Å²) in [5.74, 6) is 5.96. The van der Waals surface area contributed by atoms with Crippen LogP contribution in [0.25, 0.3) is 10.9 Å². The molecule has 1 heterocycles. The van der Waals surface area contributed by atoms with Crippen LogP contribution in [-0.2, 0) is 6.54 Å². The third-order valence-electron chi connectivity index (χ3n) is 2.41. The lowest BCUT2D eigenvalue weighted by Gasteiger charge is -2.02. The van der Waals surface area contributed by atoms with Crippen LogP contribution in [0.4, 0.5) is 0 Å². The van der Waals surface area contributed by atoms with Gasteiger partial charge < -0.3 is 4.57 Å². The lowest BCUT2D eigenvalue weighted by molar-refractivity contribution is 0.749. The number of hydrogen-bond acceptors (Lipinski definition) is 0. The Hall–Kier alpha value is -1.39. The molecule has 0 aliphatic carbocycles. The summed E-state index contributed by atoms with van der Waals surface area (Å²) < 4.78 is 2.19. The Bertz CT molecular complexity index is 528. The maximum Gasteiger partial charge on any atom is 0.0499 e. The lowest BCUT2D eigenvalue weighted by atomic mass is 10.2. The predicted octanol–water partition coefficient (Wildman–Crippen LogP) is 3.71. The molecule has 0 unspecified atom stereocenters. The molecule has 1 aromatic carbocycles. The van der Waals surface area contributed by atoms with Crippen molar-refractivity contribution in [3.05, 3.63) is 35.5 Å². The summed E-state index contributed by atoms with van der Waals surface area (Å²) >= 11 is 6.09. The van der Waals surface area contributed by atoms with E-state index in [4.69, 9.17) is 11.6 Å². The van der Waals surface area contributed by atoms with E-state index < -0.39 is 0 Å². The fraction of sp³-hybridized carbons (Fsp3) is 0.231. The largest absolute Gasteiger partial charge is 0.346 e. The van der Waals surface area contributed by atoms with Crippen molar-refractivity contribution in [1.82, 2.24) is 4.57 Å². The molecule has 1 aromatic heterocycles.